The Hall–Kier alpha value is -1.40. The van der Waals surface area contributed by atoms with E-state index in [1.54, 1.807) is 0 Å². The average molecular weight is 292 g/mol. The number of ether oxygens (including phenoxy) is 1. The van der Waals surface area contributed by atoms with Crippen LogP contribution in [0, 0.1) is 12.8 Å². The molecular weight excluding hydrogens is 268 g/mol. The van der Waals surface area contributed by atoms with Gasteiger partial charge in [-0.3, -0.25) is 9.69 Å². The summed E-state index contributed by atoms with van der Waals surface area (Å²) in [6.45, 7) is 7.72. The maximum atomic E-state index is 12.5. The molecular formula is C15H24N4O2. The minimum atomic E-state index is 0.197. The topological polar surface area (TPSA) is 61.5 Å². The first kappa shape index (κ1) is 14.5. The molecule has 1 aromatic rings. The molecule has 3 heterocycles. The fraction of sp³-hybridized carbons (Fsp3) is 0.733. The normalized spacial score (nSPS) is 21.7. The van der Waals surface area contributed by atoms with Gasteiger partial charge in [0.25, 0.3) is 0 Å². The summed E-state index contributed by atoms with van der Waals surface area (Å²) in [5, 5.41) is 0. The van der Waals surface area contributed by atoms with Gasteiger partial charge in [0, 0.05) is 37.4 Å². The molecule has 1 amide bonds. The van der Waals surface area contributed by atoms with Crippen molar-refractivity contribution in [3.8, 4) is 0 Å². The zero-order valence-electron chi connectivity index (χ0n) is 12.7. The number of hydrogen-bond donors (Lipinski definition) is 1. The summed E-state index contributed by atoms with van der Waals surface area (Å²) >= 11 is 0. The minimum absolute atomic E-state index is 0.197. The van der Waals surface area contributed by atoms with Crippen molar-refractivity contribution in [3.05, 3.63) is 17.7 Å². The van der Waals surface area contributed by atoms with Crippen molar-refractivity contribution in [2.24, 2.45) is 5.92 Å². The van der Waals surface area contributed by atoms with Crippen molar-refractivity contribution in [1.82, 2.24) is 19.8 Å². The van der Waals surface area contributed by atoms with E-state index in [1.807, 2.05) is 18.0 Å². The van der Waals surface area contributed by atoms with Gasteiger partial charge < -0.3 is 14.6 Å². The molecule has 116 valence electrons. The lowest BCUT2D eigenvalue weighted by Gasteiger charge is -2.35. The van der Waals surface area contributed by atoms with Crippen molar-refractivity contribution in [2.75, 3.05) is 39.4 Å². The number of piperidine rings is 1. The number of likely N-dealkylation sites (tertiary alicyclic amines) is 1. The third kappa shape index (κ3) is 3.63. The number of imidazole rings is 1. The highest BCUT2D eigenvalue weighted by atomic mass is 16.5. The van der Waals surface area contributed by atoms with E-state index >= 15 is 0 Å². The van der Waals surface area contributed by atoms with E-state index in [0.717, 1.165) is 57.1 Å². The van der Waals surface area contributed by atoms with Gasteiger partial charge >= 0.3 is 0 Å². The van der Waals surface area contributed by atoms with E-state index in [1.165, 1.54) is 0 Å². The van der Waals surface area contributed by atoms with Crippen LogP contribution in [0.3, 0.4) is 0 Å². The second kappa shape index (κ2) is 6.58. The minimum Gasteiger partial charge on any atom is -0.378 e. The zero-order valence-corrected chi connectivity index (χ0v) is 12.7. The van der Waals surface area contributed by atoms with Gasteiger partial charge in [0.15, 0.2) is 0 Å². The summed E-state index contributed by atoms with van der Waals surface area (Å²) in [6, 6.07) is 0. The molecule has 0 radical (unpaired) electrons. The summed E-state index contributed by atoms with van der Waals surface area (Å²) < 4.78 is 5.31. The molecule has 2 saturated heterocycles. The Morgan fingerprint density at radius 2 is 2.05 bits per heavy atom. The van der Waals surface area contributed by atoms with Crippen LogP contribution in [0.2, 0.25) is 0 Å². The number of aryl methyl sites for hydroxylation is 1. The molecule has 1 N–H and O–H groups in total. The van der Waals surface area contributed by atoms with Crippen molar-refractivity contribution < 1.29 is 9.53 Å². The third-order valence-electron chi connectivity index (χ3n) is 4.41. The van der Waals surface area contributed by atoms with Crippen LogP contribution in [0.4, 0.5) is 0 Å². The Balaban J connectivity index is 1.47. The van der Waals surface area contributed by atoms with Crippen LogP contribution in [-0.2, 0) is 16.1 Å². The number of aromatic amines is 1. The van der Waals surface area contributed by atoms with E-state index in [0.29, 0.717) is 19.1 Å². The van der Waals surface area contributed by atoms with Crippen molar-refractivity contribution >= 4 is 5.91 Å². The Bertz CT molecular complexity index is 474. The number of hydrogen-bond acceptors (Lipinski definition) is 4. The van der Waals surface area contributed by atoms with Gasteiger partial charge in [-0.1, -0.05) is 0 Å². The van der Waals surface area contributed by atoms with Gasteiger partial charge in [-0.25, -0.2) is 4.98 Å². The molecule has 2 aliphatic rings. The fourth-order valence-electron chi connectivity index (χ4n) is 3.17. The van der Waals surface area contributed by atoms with Gasteiger partial charge in [-0.05, 0) is 32.9 Å². The molecule has 6 nitrogen and oxygen atoms in total. The highest BCUT2D eigenvalue weighted by Gasteiger charge is 2.29. The van der Waals surface area contributed by atoms with Crippen LogP contribution >= 0.6 is 0 Å². The van der Waals surface area contributed by atoms with Crippen LogP contribution in [0.25, 0.3) is 0 Å². The lowest BCUT2D eigenvalue weighted by molar-refractivity contribution is -0.141. The quantitative estimate of drug-likeness (QED) is 0.895. The number of rotatable bonds is 3. The first-order chi connectivity index (χ1) is 10.2. The summed E-state index contributed by atoms with van der Waals surface area (Å²) in [7, 11) is 0. The number of aromatic nitrogens is 2. The molecule has 21 heavy (non-hydrogen) atoms. The number of morpholine rings is 1. The molecule has 0 saturated carbocycles. The smallest absolute Gasteiger partial charge is 0.225 e. The molecule has 0 aromatic carbocycles. The van der Waals surface area contributed by atoms with E-state index in [-0.39, 0.29) is 5.92 Å². The summed E-state index contributed by atoms with van der Waals surface area (Å²) in [6.07, 6.45) is 3.83. The Labute approximate surface area is 125 Å². The Morgan fingerprint density at radius 3 is 2.67 bits per heavy atom. The molecule has 2 fully saturated rings. The molecule has 0 unspecified atom stereocenters. The van der Waals surface area contributed by atoms with Gasteiger partial charge in [-0.15, -0.1) is 0 Å². The predicted molar refractivity (Wildman–Crippen MR) is 78.7 cm³/mol. The highest BCUT2D eigenvalue weighted by Crippen LogP contribution is 2.21. The lowest BCUT2D eigenvalue weighted by Crippen LogP contribution is -2.46. The van der Waals surface area contributed by atoms with Crippen molar-refractivity contribution in [3.63, 3.8) is 0 Å². The van der Waals surface area contributed by atoms with E-state index < -0.39 is 0 Å². The Morgan fingerprint density at radius 1 is 1.33 bits per heavy atom. The SMILES string of the molecule is Cc1ncc(CN2CCC(C(=O)N3CCOCC3)CC2)[nH]1. The third-order valence-corrected chi connectivity index (χ3v) is 4.41. The summed E-state index contributed by atoms with van der Waals surface area (Å²) in [5.74, 6) is 1.49. The summed E-state index contributed by atoms with van der Waals surface area (Å²) in [5.41, 5.74) is 1.16. The molecule has 0 spiro atoms. The van der Waals surface area contributed by atoms with Crippen molar-refractivity contribution in [1.29, 1.82) is 0 Å². The van der Waals surface area contributed by atoms with Gasteiger partial charge in [-0.2, -0.15) is 0 Å². The van der Waals surface area contributed by atoms with Crippen LogP contribution in [-0.4, -0.2) is 65.1 Å². The lowest BCUT2D eigenvalue weighted by atomic mass is 9.95. The molecule has 3 rings (SSSR count). The molecule has 1 aromatic heterocycles. The van der Waals surface area contributed by atoms with E-state index in [4.69, 9.17) is 4.74 Å². The van der Waals surface area contributed by atoms with Crippen LogP contribution in [0.15, 0.2) is 6.20 Å². The van der Waals surface area contributed by atoms with Crippen LogP contribution < -0.4 is 0 Å². The van der Waals surface area contributed by atoms with Crippen LogP contribution in [0.5, 0.6) is 0 Å². The van der Waals surface area contributed by atoms with E-state index in [2.05, 4.69) is 14.9 Å². The van der Waals surface area contributed by atoms with Gasteiger partial charge in [0.1, 0.15) is 5.82 Å². The van der Waals surface area contributed by atoms with Crippen LogP contribution in [0.1, 0.15) is 24.4 Å². The maximum Gasteiger partial charge on any atom is 0.225 e. The molecule has 2 aliphatic heterocycles. The maximum absolute atomic E-state index is 12.5. The predicted octanol–water partition coefficient (Wildman–Crippen LogP) is 0.789. The standard InChI is InChI=1S/C15H24N4O2/c1-12-16-10-14(17-12)11-18-4-2-13(3-5-18)15(20)19-6-8-21-9-7-19/h10,13H,2-9,11H2,1H3,(H,16,17). The molecule has 0 aliphatic carbocycles. The zero-order chi connectivity index (χ0) is 14.7. The van der Waals surface area contributed by atoms with Crippen molar-refractivity contribution in [2.45, 2.75) is 26.3 Å². The largest absolute Gasteiger partial charge is 0.378 e. The fourth-order valence-corrected chi connectivity index (χ4v) is 3.17. The number of carbonyl (C=O) groups excluding carboxylic acids is 1. The first-order valence-corrected chi connectivity index (χ1v) is 7.82. The van der Waals surface area contributed by atoms with E-state index in [9.17, 15) is 4.79 Å². The molecule has 0 atom stereocenters. The number of nitrogens with zero attached hydrogens (tertiary/aromatic N) is 3. The number of amides is 1. The Kier molecular flexibility index (Phi) is 4.55. The number of carbonyl (C=O) groups is 1. The number of H-pyrrole nitrogens is 1. The molecule has 6 heteroatoms. The van der Waals surface area contributed by atoms with Gasteiger partial charge in [0.2, 0.25) is 5.91 Å². The average Bonchev–Trinajstić information content (AvgIpc) is 2.93. The first-order valence-electron chi connectivity index (χ1n) is 7.82. The summed E-state index contributed by atoms with van der Waals surface area (Å²) in [4.78, 5) is 24.3. The number of nitrogens with one attached hydrogen (secondary N) is 1. The second-order valence-corrected chi connectivity index (χ2v) is 5.98. The highest BCUT2D eigenvalue weighted by molar-refractivity contribution is 5.79. The molecule has 0 bridgehead atoms. The monoisotopic (exact) mass is 292 g/mol. The second-order valence-electron chi connectivity index (χ2n) is 5.98. The van der Waals surface area contributed by atoms with Gasteiger partial charge in [0.05, 0.1) is 13.2 Å².